The maximum absolute atomic E-state index is 10.9. The number of unbranched alkanes of at least 4 members (excludes halogenated alkanes) is 1. The largest absolute Gasteiger partial charge is 0.300 e. The van der Waals surface area contributed by atoms with Crippen molar-refractivity contribution in [1.82, 2.24) is 0 Å². The fourth-order valence-electron chi connectivity index (χ4n) is 0.820. The molecule has 0 saturated carbocycles. The predicted octanol–water partition coefficient (Wildman–Crippen LogP) is 2.92. The zero-order valence-corrected chi connectivity index (χ0v) is 8.11. The van der Waals surface area contributed by atoms with Gasteiger partial charge in [0, 0.05) is 18.2 Å². The van der Waals surface area contributed by atoms with Crippen LogP contribution < -0.4 is 0 Å². The lowest BCUT2D eigenvalue weighted by Gasteiger charge is -1.95. The third-order valence-electron chi connectivity index (χ3n) is 1.37. The van der Waals surface area contributed by atoms with Crippen molar-refractivity contribution < 1.29 is 4.79 Å². The molecular weight excluding hydrogens is 192 g/mol. The SMILES string of the molecule is CCCC(=O)CCCCBr. The molecule has 0 radical (unpaired) electrons. The van der Waals surface area contributed by atoms with Crippen molar-refractivity contribution in [2.75, 3.05) is 5.33 Å². The Labute approximate surface area is 71.3 Å². The molecular formula is C8H15BrO. The van der Waals surface area contributed by atoms with E-state index in [4.69, 9.17) is 0 Å². The van der Waals surface area contributed by atoms with Crippen LogP contribution in [0.25, 0.3) is 0 Å². The molecule has 0 spiro atoms. The molecule has 0 aliphatic heterocycles. The number of hydrogen-bond donors (Lipinski definition) is 0. The Balaban J connectivity index is 3.05. The van der Waals surface area contributed by atoms with Gasteiger partial charge < -0.3 is 0 Å². The molecule has 0 heterocycles. The van der Waals surface area contributed by atoms with E-state index >= 15 is 0 Å². The Morgan fingerprint density at radius 2 is 2.00 bits per heavy atom. The zero-order chi connectivity index (χ0) is 7.82. The second-order valence-electron chi connectivity index (χ2n) is 2.43. The van der Waals surface area contributed by atoms with E-state index < -0.39 is 0 Å². The third kappa shape index (κ3) is 6.27. The lowest BCUT2D eigenvalue weighted by Crippen LogP contribution is -1.96. The van der Waals surface area contributed by atoms with E-state index in [-0.39, 0.29) is 0 Å². The summed E-state index contributed by atoms with van der Waals surface area (Å²) in [5, 5.41) is 1.02. The maximum atomic E-state index is 10.9. The van der Waals surface area contributed by atoms with Gasteiger partial charge in [-0.3, -0.25) is 4.79 Å². The molecule has 0 aliphatic carbocycles. The number of alkyl halides is 1. The predicted molar refractivity (Wildman–Crippen MR) is 47.6 cm³/mol. The molecule has 0 aromatic carbocycles. The van der Waals surface area contributed by atoms with Gasteiger partial charge in [-0.25, -0.2) is 0 Å². The van der Waals surface area contributed by atoms with Gasteiger partial charge in [0.2, 0.25) is 0 Å². The monoisotopic (exact) mass is 206 g/mol. The fraction of sp³-hybridized carbons (Fsp3) is 0.875. The van der Waals surface area contributed by atoms with Gasteiger partial charge in [0.15, 0.2) is 0 Å². The first kappa shape index (κ1) is 10.2. The standard InChI is InChI=1S/C8H15BrO/c1-2-5-8(10)6-3-4-7-9/h2-7H2,1H3. The van der Waals surface area contributed by atoms with Gasteiger partial charge in [-0.15, -0.1) is 0 Å². The normalized spacial score (nSPS) is 9.80. The summed E-state index contributed by atoms with van der Waals surface area (Å²) in [7, 11) is 0. The van der Waals surface area contributed by atoms with Gasteiger partial charge >= 0.3 is 0 Å². The summed E-state index contributed by atoms with van der Waals surface area (Å²) in [5.74, 6) is 0.420. The molecule has 1 nitrogen and oxygen atoms in total. The van der Waals surface area contributed by atoms with Crippen molar-refractivity contribution in [1.29, 1.82) is 0 Å². The first-order valence-electron chi connectivity index (χ1n) is 3.89. The minimum absolute atomic E-state index is 0.420. The van der Waals surface area contributed by atoms with E-state index in [9.17, 15) is 4.79 Å². The van der Waals surface area contributed by atoms with E-state index in [0.29, 0.717) is 5.78 Å². The second kappa shape index (κ2) is 7.26. The topological polar surface area (TPSA) is 17.1 Å². The Morgan fingerprint density at radius 3 is 2.50 bits per heavy atom. The van der Waals surface area contributed by atoms with E-state index in [1.807, 2.05) is 6.92 Å². The molecule has 0 atom stereocenters. The van der Waals surface area contributed by atoms with E-state index in [1.54, 1.807) is 0 Å². The van der Waals surface area contributed by atoms with Crippen LogP contribution in [0.3, 0.4) is 0 Å². The maximum Gasteiger partial charge on any atom is 0.132 e. The van der Waals surface area contributed by atoms with Crippen LogP contribution in [0.4, 0.5) is 0 Å². The van der Waals surface area contributed by atoms with E-state index in [1.165, 1.54) is 0 Å². The smallest absolute Gasteiger partial charge is 0.132 e. The molecule has 2 heteroatoms. The van der Waals surface area contributed by atoms with E-state index in [0.717, 1.165) is 37.4 Å². The van der Waals surface area contributed by atoms with Gasteiger partial charge in [-0.05, 0) is 19.3 Å². The first-order valence-corrected chi connectivity index (χ1v) is 5.01. The van der Waals surface area contributed by atoms with E-state index in [2.05, 4.69) is 15.9 Å². The van der Waals surface area contributed by atoms with Crippen molar-refractivity contribution in [2.45, 2.75) is 39.0 Å². The molecule has 0 bridgehead atoms. The molecule has 0 N–H and O–H groups in total. The summed E-state index contributed by atoms with van der Waals surface area (Å²) in [6, 6.07) is 0. The highest BCUT2D eigenvalue weighted by molar-refractivity contribution is 9.09. The van der Waals surface area contributed by atoms with Crippen LogP contribution in [0.15, 0.2) is 0 Å². The van der Waals surface area contributed by atoms with Crippen LogP contribution in [0.1, 0.15) is 39.0 Å². The van der Waals surface area contributed by atoms with Crippen LogP contribution in [-0.4, -0.2) is 11.1 Å². The van der Waals surface area contributed by atoms with Crippen LogP contribution in [0, 0.1) is 0 Å². The molecule has 0 saturated heterocycles. The Morgan fingerprint density at radius 1 is 1.30 bits per heavy atom. The summed E-state index contributed by atoms with van der Waals surface area (Å²) < 4.78 is 0. The van der Waals surface area contributed by atoms with Gasteiger partial charge in [-0.1, -0.05) is 22.9 Å². The molecule has 0 aromatic rings. The van der Waals surface area contributed by atoms with Crippen molar-refractivity contribution in [3.05, 3.63) is 0 Å². The minimum atomic E-state index is 0.420. The molecule has 0 amide bonds. The van der Waals surface area contributed by atoms with Gasteiger partial charge in [0.1, 0.15) is 5.78 Å². The number of carbonyl (C=O) groups is 1. The number of hydrogen-bond acceptors (Lipinski definition) is 1. The highest BCUT2D eigenvalue weighted by Gasteiger charge is 1.97. The van der Waals surface area contributed by atoms with Crippen LogP contribution in [0.2, 0.25) is 0 Å². The number of Topliss-reactive ketones (excluding diaryl/α,β-unsaturated/α-hetero) is 1. The molecule has 0 fully saturated rings. The number of halogens is 1. The summed E-state index contributed by atoms with van der Waals surface area (Å²) in [6.45, 7) is 2.04. The van der Waals surface area contributed by atoms with Crippen molar-refractivity contribution >= 4 is 21.7 Å². The van der Waals surface area contributed by atoms with Crippen LogP contribution in [-0.2, 0) is 4.79 Å². The molecule has 0 rings (SSSR count). The first-order chi connectivity index (χ1) is 4.81. The molecule has 0 unspecified atom stereocenters. The average Bonchev–Trinajstić information content (AvgIpc) is 1.89. The average molecular weight is 207 g/mol. The Bertz CT molecular complexity index is 91.3. The van der Waals surface area contributed by atoms with Crippen molar-refractivity contribution in [3.63, 3.8) is 0 Å². The number of carbonyl (C=O) groups excluding carboxylic acids is 1. The Hall–Kier alpha value is 0.150. The molecule has 10 heavy (non-hydrogen) atoms. The lowest BCUT2D eigenvalue weighted by atomic mass is 10.1. The van der Waals surface area contributed by atoms with Crippen molar-refractivity contribution in [2.24, 2.45) is 0 Å². The quantitative estimate of drug-likeness (QED) is 0.483. The molecule has 0 aliphatic rings. The highest BCUT2D eigenvalue weighted by atomic mass is 79.9. The zero-order valence-electron chi connectivity index (χ0n) is 6.53. The highest BCUT2D eigenvalue weighted by Crippen LogP contribution is 2.02. The van der Waals surface area contributed by atoms with Gasteiger partial charge in [0.05, 0.1) is 0 Å². The van der Waals surface area contributed by atoms with Crippen molar-refractivity contribution in [3.8, 4) is 0 Å². The second-order valence-corrected chi connectivity index (χ2v) is 3.23. The summed E-state index contributed by atoms with van der Waals surface area (Å²) in [5.41, 5.74) is 0. The third-order valence-corrected chi connectivity index (χ3v) is 1.93. The lowest BCUT2D eigenvalue weighted by molar-refractivity contribution is -0.119. The van der Waals surface area contributed by atoms with Gasteiger partial charge in [-0.2, -0.15) is 0 Å². The molecule has 0 aromatic heterocycles. The number of ketones is 1. The van der Waals surface area contributed by atoms with Gasteiger partial charge in [0.25, 0.3) is 0 Å². The summed E-state index contributed by atoms with van der Waals surface area (Å²) >= 11 is 3.33. The minimum Gasteiger partial charge on any atom is -0.300 e. The Kier molecular flexibility index (Phi) is 7.37. The number of rotatable bonds is 6. The van der Waals surface area contributed by atoms with Crippen LogP contribution >= 0.6 is 15.9 Å². The molecule has 60 valence electrons. The summed E-state index contributed by atoms with van der Waals surface area (Å²) in [4.78, 5) is 10.9. The van der Waals surface area contributed by atoms with Crippen LogP contribution in [0.5, 0.6) is 0 Å². The summed E-state index contributed by atoms with van der Waals surface area (Å²) in [6.07, 6.45) is 4.70. The fourth-order valence-corrected chi connectivity index (χ4v) is 1.22.